The van der Waals surface area contributed by atoms with Gasteiger partial charge in [0.1, 0.15) is 48.8 Å². The van der Waals surface area contributed by atoms with Crippen LogP contribution in [0.5, 0.6) is 0 Å². The Hall–Kier alpha value is -0.480. The molecule has 0 aromatic rings. The molecule has 1 N–H and O–H groups in total. The number of hydrogen-bond acceptors (Lipinski definition) is 12. The lowest BCUT2D eigenvalue weighted by atomic mass is 10.0. The Morgan fingerprint density at radius 1 is 0.500 bits per heavy atom. The van der Waals surface area contributed by atoms with Gasteiger partial charge in [-0.1, -0.05) is 0 Å². The molecule has 6 fully saturated rings. The molecular formula is C24H39NO11. The lowest BCUT2D eigenvalue weighted by Crippen LogP contribution is -2.52. The maximum absolute atomic E-state index is 11.6. The molecule has 6 saturated heterocycles. The molecular weight excluding hydrogens is 478 g/mol. The van der Waals surface area contributed by atoms with Crippen LogP contribution in [0.1, 0.15) is 55.4 Å². The fourth-order valence-electron chi connectivity index (χ4n) is 6.14. The highest BCUT2D eigenvalue weighted by Crippen LogP contribution is 2.47. The topological polar surface area (TPSA) is 116 Å². The van der Waals surface area contributed by atoms with Gasteiger partial charge in [0.15, 0.2) is 35.6 Å². The third-order valence-electron chi connectivity index (χ3n) is 7.45. The van der Waals surface area contributed by atoms with Crippen molar-refractivity contribution in [2.75, 3.05) is 13.2 Å². The van der Waals surface area contributed by atoms with Crippen molar-refractivity contribution < 1.29 is 52.6 Å². The zero-order valence-electron chi connectivity index (χ0n) is 22.2. The molecule has 0 saturated carbocycles. The van der Waals surface area contributed by atoms with Crippen molar-refractivity contribution in [2.24, 2.45) is 0 Å². The van der Waals surface area contributed by atoms with Crippen molar-refractivity contribution in [3.8, 4) is 0 Å². The summed E-state index contributed by atoms with van der Waals surface area (Å²) in [5.41, 5.74) is 0. The molecule has 0 aromatic carbocycles. The first kappa shape index (κ1) is 25.8. The van der Waals surface area contributed by atoms with Gasteiger partial charge in [0.05, 0.1) is 13.2 Å². The van der Waals surface area contributed by atoms with Crippen LogP contribution in [0.3, 0.4) is 0 Å². The first-order valence-corrected chi connectivity index (χ1v) is 12.8. The first-order valence-electron chi connectivity index (χ1n) is 12.8. The molecule has 12 heteroatoms. The summed E-state index contributed by atoms with van der Waals surface area (Å²) in [6, 6.07) is 0. The fourth-order valence-corrected chi connectivity index (χ4v) is 6.14. The van der Waals surface area contributed by atoms with Gasteiger partial charge in [-0.3, -0.25) is 0 Å². The van der Waals surface area contributed by atoms with Gasteiger partial charge in [-0.25, -0.2) is 0 Å². The van der Waals surface area contributed by atoms with E-state index in [2.05, 4.69) is 0 Å². The summed E-state index contributed by atoms with van der Waals surface area (Å²) in [6.07, 6.45) is -5.74. The summed E-state index contributed by atoms with van der Waals surface area (Å²) in [6.45, 7) is 15.5. The van der Waals surface area contributed by atoms with Crippen LogP contribution in [0.2, 0.25) is 0 Å². The number of ether oxygens (including phenoxy) is 10. The van der Waals surface area contributed by atoms with E-state index in [0.29, 0.717) is 13.2 Å². The maximum Gasteiger partial charge on any atom is 0.165 e. The summed E-state index contributed by atoms with van der Waals surface area (Å²) >= 11 is 0. The van der Waals surface area contributed by atoms with E-state index >= 15 is 0 Å². The van der Waals surface area contributed by atoms with E-state index in [1.54, 1.807) is 0 Å². The second-order valence-electron chi connectivity index (χ2n) is 12.2. The quantitative estimate of drug-likeness (QED) is 0.545. The molecule has 206 valence electrons. The zero-order chi connectivity index (χ0) is 25.8. The van der Waals surface area contributed by atoms with Crippen molar-refractivity contribution in [3.05, 3.63) is 0 Å². The Balaban J connectivity index is 1.24. The normalized spacial score (nSPS) is 50.2. The summed E-state index contributed by atoms with van der Waals surface area (Å²) in [5.74, 6) is -3.18. The molecule has 0 aromatic heterocycles. The minimum atomic E-state index is -0.900. The predicted molar refractivity (Wildman–Crippen MR) is 118 cm³/mol. The number of nitrogens with zero attached hydrogens (tertiary/aromatic N) is 1. The minimum Gasteiger partial charge on any atom is -0.349 e. The van der Waals surface area contributed by atoms with E-state index in [-0.39, 0.29) is 12.2 Å². The van der Waals surface area contributed by atoms with E-state index in [9.17, 15) is 5.21 Å². The van der Waals surface area contributed by atoms with E-state index in [1.807, 2.05) is 55.4 Å². The Morgan fingerprint density at radius 2 is 0.861 bits per heavy atom. The summed E-state index contributed by atoms with van der Waals surface area (Å²) < 4.78 is 61.2. The van der Waals surface area contributed by atoms with Crippen LogP contribution < -0.4 is 0 Å². The van der Waals surface area contributed by atoms with Gasteiger partial charge < -0.3 is 52.6 Å². The molecule has 0 aliphatic carbocycles. The summed E-state index contributed by atoms with van der Waals surface area (Å²) in [4.78, 5) is 0. The van der Waals surface area contributed by atoms with E-state index < -0.39 is 72.2 Å². The van der Waals surface area contributed by atoms with Crippen molar-refractivity contribution in [2.45, 2.75) is 140 Å². The minimum absolute atomic E-state index is 0.343. The zero-order valence-corrected chi connectivity index (χ0v) is 22.2. The highest BCUT2D eigenvalue weighted by atomic mass is 16.8. The van der Waals surface area contributed by atoms with Crippen LogP contribution >= 0.6 is 0 Å². The molecule has 0 unspecified atom stereocenters. The van der Waals surface area contributed by atoms with Gasteiger partial charge in [0.25, 0.3) is 0 Å². The van der Waals surface area contributed by atoms with Gasteiger partial charge in [-0.05, 0) is 55.4 Å². The Bertz CT molecular complexity index is 797. The molecule has 0 radical (unpaired) electrons. The maximum atomic E-state index is 11.6. The predicted octanol–water partition coefficient (Wildman–Crippen LogP) is 1.47. The highest BCUT2D eigenvalue weighted by molar-refractivity contribution is 5.05. The molecule has 12 nitrogen and oxygen atoms in total. The third kappa shape index (κ3) is 4.42. The smallest absolute Gasteiger partial charge is 0.165 e. The van der Waals surface area contributed by atoms with Gasteiger partial charge in [0, 0.05) is 0 Å². The molecule has 6 rings (SSSR count). The Labute approximate surface area is 211 Å². The van der Waals surface area contributed by atoms with E-state index in [4.69, 9.17) is 47.4 Å². The van der Waals surface area contributed by atoms with Gasteiger partial charge in [0.2, 0.25) is 0 Å². The average molecular weight is 518 g/mol. The first-order chi connectivity index (χ1) is 16.6. The van der Waals surface area contributed by atoms with Crippen molar-refractivity contribution in [1.82, 2.24) is 5.06 Å². The third-order valence-corrected chi connectivity index (χ3v) is 7.45. The second kappa shape index (κ2) is 8.26. The van der Waals surface area contributed by atoms with Crippen molar-refractivity contribution in [3.63, 3.8) is 0 Å². The molecule has 6 aliphatic heterocycles. The van der Waals surface area contributed by atoms with Crippen LogP contribution in [0, 0.1) is 0 Å². The summed E-state index contributed by atoms with van der Waals surface area (Å²) in [5, 5.41) is 12.6. The lowest BCUT2D eigenvalue weighted by molar-refractivity contribution is -0.334. The summed E-state index contributed by atoms with van der Waals surface area (Å²) in [7, 11) is 0. The Kier molecular flexibility index (Phi) is 5.92. The molecule has 6 heterocycles. The molecule has 10 atom stereocenters. The largest absolute Gasteiger partial charge is 0.349 e. The van der Waals surface area contributed by atoms with Crippen molar-refractivity contribution >= 4 is 0 Å². The van der Waals surface area contributed by atoms with Gasteiger partial charge in [-0.15, -0.1) is 5.06 Å². The fraction of sp³-hybridized carbons (Fsp3) is 1.00. The van der Waals surface area contributed by atoms with E-state index in [0.717, 1.165) is 5.06 Å². The van der Waals surface area contributed by atoms with Crippen LogP contribution in [0.15, 0.2) is 0 Å². The standard InChI is InChI=1S/C24H39NO11/c1-21(2)27-9-11(31-21)13-15-17(35-23(5,6)33-15)19(29-13)25(26)20-18-16(34-24(7,8)36-18)14(30-20)12-10-28-22(3,4)32-12/h11-20,26H,9-10H2,1-8H3/t11-,12-,13-,14-,15+,16+,17+,18+,19+,20+/m1/s1. The number of rotatable bonds is 4. The molecule has 6 aliphatic rings. The molecule has 0 spiro atoms. The van der Waals surface area contributed by atoms with Crippen LogP contribution in [-0.4, -0.2) is 108 Å². The lowest BCUT2D eigenvalue weighted by Gasteiger charge is -2.34. The van der Waals surface area contributed by atoms with Gasteiger partial charge >= 0.3 is 0 Å². The van der Waals surface area contributed by atoms with E-state index in [1.165, 1.54) is 0 Å². The molecule has 36 heavy (non-hydrogen) atoms. The van der Waals surface area contributed by atoms with Crippen molar-refractivity contribution in [1.29, 1.82) is 0 Å². The van der Waals surface area contributed by atoms with Gasteiger partial charge in [-0.2, -0.15) is 0 Å². The van der Waals surface area contributed by atoms with Crippen LogP contribution in [-0.2, 0) is 47.4 Å². The molecule has 0 amide bonds. The SMILES string of the molecule is CC1(C)O[C@H]2[C@@H]([C@H]3COC(C)(C)O3)O[C@H](N(O)[C@H]3O[C@H]([C@H]4COC(C)(C)O4)[C@@H]4OC(C)(C)O[C@@H]43)[C@H]2O1. The second-order valence-corrected chi connectivity index (χ2v) is 12.2. The Morgan fingerprint density at radius 3 is 1.19 bits per heavy atom. The number of fused-ring (bicyclic) bond motifs is 2. The number of hydroxylamine groups is 2. The monoisotopic (exact) mass is 517 g/mol. The van der Waals surface area contributed by atoms with Crippen LogP contribution in [0.4, 0.5) is 0 Å². The molecule has 0 bridgehead atoms. The highest BCUT2D eigenvalue weighted by Gasteiger charge is 2.65. The van der Waals surface area contributed by atoms with Crippen LogP contribution in [0.25, 0.3) is 0 Å². The number of hydrogen-bond donors (Lipinski definition) is 1. The average Bonchev–Trinajstić information content (AvgIpc) is 3.54.